The summed E-state index contributed by atoms with van der Waals surface area (Å²) in [6.07, 6.45) is -0.444. The van der Waals surface area contributed by atoms with Crippen molar-refractivity contribution in [3.63, 3.8) is 0 Å². The number of ether oxygens (including phenoxy) is 1. The van der Waals surface area contributed by atoms with E-state index < -0.39 is 34.9 Å². The summed E-state index contributed by atoms with van der Waals surface area (Å²) in [5, 5.41) is 15.8. The fourth-order valence-electron chi connectivity index (χ4n) is 4.66. The summed E-state index contributed by atoms with van der Waals surface area (Å²) >= 11 is 0.765. The van der Waals surface area contributed by atoms with Crippen LogP contribution in [0.25, 0.3) is 32.6 Å². The number of hydrogen-bond donors (Lipinski definition) is 3. The van der Waals surface area contributed by atoms with Gasteiger partial charge >= 0.3 is 18.2 Å². The van der Waals surface area contributed by atoms with E-state index in [4.69, 9.17) is 4.74 Å². The van der Waals surface area contributed by atoms with Crippen molar-refractivity contribution in [2.75, 3.05) is 18.5 Å². The van der Waals surface area contributed by atoms with Gasteiger partial charge in [-0.25, -0.2) is 19.6 Å². The Morgan fingerprint density at radius 3 is 2.71 bits per heavy atom. The molecule has 0 saturated carbocycles. The number of carboxylic acid groups (broad SMARTS) is 1. The summed E-state index contributed by atoms with van der Waals surface area (Å²) in [5.74, 6) is -1.31. The molecule has 0 aliphatic carbocycles. The fourth-order valence-corrected chi connectivity index (χ4v) is 5.51. The lowest BCUT2D eigenvalue weighted by Gasteiger charge is -2.17. The first-order chi connectivity index (χ1) is 19.5. The second kappa shape index (κ2) is 11.3. The van der Waals surface area contributed by atoms with Gasteiger partial charge in [-0.3, -0.25) is 10.1 Å². The number of urea groups is 1. The maximum atomic E-state index is 13.4. The molecular weight excluding hydrogens is 563 g/mol. The number of alkyl halides is 3. The Morgan fingerprint density at radius 2 is 2.05 bits per heavy atom. The third-order valence-corrected chi connectivity index (χ3v) is 7.43. The van der Waals surface area contributed by atoms with Crippen LogP contribution in [0.15, 0.2) is 46.8 Å². The molecule has 1 atom stereocenters. The topological polar surface area (TPSA) is 135 Å². The number of carboxylic acids is 1. The van der Waals surface area contributed by atoms with E-state index in [0.29, 0.717) is 36.3 Å². The van der Waals surface area contributed by atoms with Crippen molar-refractivity contribution in [3.8, 4) is 21.7 Å². The molecule has 5 rings (SSSR count). The van der Waals surface area contributed by atoms with Crippen molar-refractivity contribution in [2.24, 2.45) is 0 Å². The van der Waals surface area contributed by atoms with E-state index in [1.807, 2.05) is 0 Å². The van der Waals surface area contributed by atoms with Crippen LogP contribution in [0.1, 0.15) is 35.8 Å². The molecule has 2 amide bonds. The van der Waals surface area contributed by atoms with E-state index in [1.54, 1.807) is 23.6 Å². The number of thiazole rings is 1. The summed E-state index contributed by atoms with van der Waals surface area (Å²) in [5.41, 5.74) is -0.727. The fraction of sp³-hybridized carbons (Fsp3) is 0.296. The van der Waals surface area contributed by atoms with Gasteiger partial charge in [-0.15, -0.1) is 11.3 Å². The normalized spacial score (nSPS) is 15.3. The van der Waals surface area contributed by atoms with Gasteiger partial charge in [-0.2, -0.15) is 13.2 Å². The Hall–Kier alpha value is -4.30. The molecule has 4 aromatic rings. The molecule has 1 saturated heterocycles. The zero-order chi connectivity index (χ0) is 29.3. The Balaban J connectivity index is 1.66. The summed E-state index contributed by atoms with van der Waals surface area (Å²) in [6.45, 7) is 3.02. The molecule has 4 heterocycles. The Kier molecular flexibility index (Phi) is 7.78. The van der Waals surface area contributed by atoms with Crippen LogP contribution >= 0.6 is 11.3 Å². The number of fused-ring (bicyclic) bond motifs is 1. The highest BCUT2D eigenvalue weighted by atomic mass is 32.1. The van der Waals surface area contributed by atoms with Gasteiger partial charge in [0.25, 0.3) is 0 Å². The van der Waals surface area contributed by atoms with Gasteiger partial charge in [-0.1, -0.05) is 6.07 Å². The van der Waals surface area contributed by atoms with Gasteiger partial charge in [0, 0.05) is 54.0 Å². The molecule has 1 aromatic carbocycles. The van der Waals surface area contributed by atoms with Crippen molar-refractivity contribution < 1.29 is 32.6 Å². The van der Waals surface area contributed by atoms with Gasteiger partial charge in [0.1, 0.15) is 16.4 Å². The van der Waals surface area contributed by atoms with Crippen LogP contribution in [-0.4, -0.2) is 50.9 Å². The first-order valence-electron chi connectivity index (χ1n) is 12.7. The minimum Gasteiger partial charge on any atom is -0.477 e. The molecule has 14 heteroatoms. The number of carbonyl (C=O) groups excluding carboxylic acids is 1. The predicted octanol–water partition coefficient (Wildman–Crippen LogP) is 5.22. The molecule has 3 aromatic heterocycles. The molecule has 41 heavy (non-hydrogen) atoms. The van der Waals surface area contributed by atoms with Gasteiger partial charge in [0.15, 0.2) is 5.69 Å². The van der Waals surface area contributed by atoms with Crippen LogP contribution in [0, 0.1) is 0 Å². The van der Waals surface area contributed by atoms with Gasteiger partial charge in [0.05, 0.1) is 11.6 Å². The van der Waals surface area contributed by atoms with E-state index in [-0.39, 0.29) is 27.9 Å². The molecule has 1 fully saturated rings. The van der Waals surface area contributed by atoms with Crippen molar-refractivity contribution in [1.29, 1.82) is 0 Å². The number of benzene rings is 1. The predicted molar refractivity (Wildman–Crippen MR) is 146 cm³/mol. The summed E-state index contributed by atoms with van der Waals surface area (Å²) in [6, 6.07) is 5.67. The van der Waals surface area contributed by atoms with Gasteiger partial charge in [-0.05, 0) is 43.5 Å². The standard InChI is InChI=1S/C27H24F3N5O5S/c1-2-31-26(39)34-22-9-16(24-33-21(13-41-24)27(28,29)30)18(10-32-22)14-5-6-20-17(8-14)23(36)19(25(37)38)12-35(20)11-15-4-3-7-40-15/h5-6,8-10,12-13,15H,2-4,7,11H2,1H3,(H,37,38)(H2,31,32,34,39)/t15-/m0/s1. The monoisotopic (exact) mass is 587 g/mol. The third-order valence-electron chi connectivity index (χ3n) is 6.55. The van der Waals surface area contributed by atoms with E-state index in [9.17, 15) is 32.7 Å². The average Bonchev–Trinajstić information content (AvgIpc) is 3.63. The zero-order valence-electron chi connectivity index (χ0n) is 21.6. The van der Waals surface area contributed by atoms with Crippen LogP contribution in [0.2, 0.25) is 0 Å². The number of anilines is 1. The molecule has 0 unspecified atom stereocenters. The summed E-state index contributed by atoms with van der Waals surface area (Å²) in [4.78, 5) is 45.2. The highest BCUT2D eigenvalue weighted by Crippen LogP contribution is 2.39. The molecule has 0 radical (unpaired) electrons. The van der Waals surface area contributed by atoms with E-state index in [2.05, 4.69) is 20.6 Å². The Bertz CT molecular complexity index is 1700. The number of aromatic nitrogens is 3. The molecular formula is C27H24F3N5O5S. The van der Waals surface area contributed by atoms with Crippen molar-refractivity contribution in [2.45, 2.75) is 38.6 Å². The second-order valence-corrected chi connectivity index (χ2v) is 10.2. The maximum absolute atomic E-state index is 13.4. The van der Waals surface area contributed by atoms with Gasteiger partial charge < -0.3 is 19.7 Å². The SMILES string of the molecule is CCNC(=O)Nc1cc(-c2nc(C(F)(F)F)cs2)c(-c2ccc3c(c2)c(=O)c(C(=O)O)cn3C[C@@H]2CCCO2)cn1. The number of rotatable bonds is 7. The maximum Gasteiger partial charge on any atom is 0.434 e. The number of amides is 2. The Labute approximate surface area is 234 Å². The highest BCUT2D eigenvalue weighted by molar-refractivity contribution is 7.13. The lowest BCUT2D eigenvalue weighted by atomic mass is 9.99. The first-order valence-corrected chi connectivity index (χ1v) is 13.5. The number of hydrogen-bond acceptors (Lipinski definition) is 7. The number of carbonyl (C=O) groups is 2. The highest BCUT2D eigenvalue weighted by Gasteiger charge is 2.34. The zero-order valence-corrected chi connectivity index (χ0v) is 22.4. The van der Waals surface area contributed by atoms with E-state index in [0.717, 1.165) is 29.6 Å². The Morgan fingerprint density at radius 1 is 1.24 bits per heavy atom. The van der Waals surface area contributed by atoms with E-state index in [1.165, 1.54) is 24.5 Å². The molecule has 10 nitrogen and oxygen atoms in total. The summed E-state index contributed by atoms with van der Waals surface area (Å²) in [7, 11) is 0. The van der Waals surface area contributed by atoms with E-state index >= 15 is 0 Å². The molecule has 0 spiro atoms. The summed E-state index contributed by atoms with van der Waals surface area (Å²) < 4.78 is 47.4. The lowest BCUT2D eigenvalue weighted by molar-refractivity contribution is -0.140. The van der Waals surface area contributed by atoms with Crippen LogP contribution in [-0.2, 0) is 17.5 Å². The van der Waals surface area contributed by atoms with Crippen molar-refractivity contribution in [1.82, 2.24) is 19.9 Å². The third kappa shape index (κ3) is 5.93. The molecule has 1 aliphatic heterocycles. The number of nitrogens with one attached hydrogen (secondary N) is 2. The molecule has 1 aliphatic rings. The number of aromatic carboxylic acids is 1. The minimum atomic E-state index is -4.66. The van der Waals surface area contributed by atoms with Crippen LogP contribution in [0.4, 0.5) is 23.8 Å². The van der Waals surface area contributed by atoms with Crippen LogP contribution in [0.3, 0.4) is 0 Å². The number of halogens is 3. The average molecular weight is 588 g/mol. The minimum absolute atomic E-state index is 0.0175. The number of nitrogens with zero attached hydrogens (tertiary/aromatic N) is 3. The largest absolute Gasteiger partial charge is 0.477 e. The van der Waals surface area contributed by atoms with Crippen LogP contribution in [0.5, 0.6) is 0 Å². The number of pyridine rings is 2. The van der Waals surface area contributed by atoms with Crippen LogP contribution < -0.4 is 16.1 Å². The molecule has 214 valence electrons. The lowest BCUT2D eigenvalue weighted by Crippen LogP contribution is -2.28. The second-order valence-electron chi connectivity index (χ2n) is 9.33. The van der Waals surface area contributed by atoms with Crippen molar-refractivity contribution >= 4 is 40.1 Å². The first kappa shape index (κ1) is 28.2. The quantitative estimate of drug-likeness (QED) is 0.270. The molecule has 3 N–H and O–H groups in total. The smallest absolute Gasteiger partial charge is 0.434 e. The molecule has 0 bridgehead atoms. The van der Waals surface area contributed by atoms with Gasteiger partial charge in [0.2, 0.25) is 5.43 Å². The van der Waals surface area contributed by atoms with Crippen molar-refractivity contribution in [3.05, 3.63) is 63.5 Å².